The Morgan fingerprint density at radius 1 is 1.07 bits per heavy atom. The standard InChI is InChI=1S/C23H27N5OS/c1-2-9-26-12-13-28(22(29)16-26)18-6-7-19-20(14-18)30-23(25-19)17-5-8-21(24-15-17)27-10-3-4-11-27/h5-8,14-15H,2-4,9-13,16H2,1H3. The zero-order valence-corrected chi connectivity index (χ0v) is 18.2. The maximum absolute atomic E-state index is 12.6. The number of pyridine rings is 1. The third-order valence-corrected chi connectivity index (χ3v) is 7.02. The molecule has 0 spiro atoms. The smallest absolute Gasteiger partial charge is 0.241 e. The topological polar surface area (TPSA) is 52.6 Å². The van der Waals surface area contributed by atoms with Crippen LogP contribution >= 0.6 is 11.3 Å². The molecule has 5 rings (SSSR count). The number of aromatic nitrogens is 2. The summed E-state index contributed by atoms with van der Waals surface area (Å²) in [5.41, 5.74) is 2.99. The van der Waals surface area contributed by atoms with Gasteiger partial charge in [-0.3, -0.25) is 9.69 Å². The highest BCUT2D eigenvalue weighted by Gasteiger charge is 2.25. The number of amides is 1. The molecule has 6 nitrogen and oxygen atoms in total. The molecule has 30 heavy (non-hydrogen) atoms. The lowest BCUT2D eigenvalue weighted by molar-refractivity contribution is -0.121. The van der Waals surface area contributed by atoms with Crippen LogP contribution in [0.5, 0.6) is 0 Å². The lowest BCUT2D eigenvalue weighted by atomic mass is 10.2. The highest BCUT2D eigenvalue weighted by molar-refractivity contribution is 7.21. The minimum Gasteiger partial charge on any atom is -0.357 e. The Labute approximate surface area is 181 Å². The predicted molar refractivity (Wildman–Crippen MR) is 123 cm³/mol. The molecule has 2 aliphatic heterocycles. The summed E-state index contributed by atoms with van der Waals surface area (Å²) in [6.07, 6.45) is 5.51. The number of benzene rings is 1. The highest BCUT2D eigenvalue weighted by Crippen LogP contribution is 2.33. The van der Waals surface area contributed by atoms with Gasteiger partial charge in [-0.05, 0) is 56.1 Å². The first-order valence-electron chi connectivity index (χ1n) is 10.9. The number of anilines is 2. The predicted octanol–water partition coefficient (Wildman–Crippen LogP) is 4.02. The van der Waals surface area contributed by atoms with E-state index in [1.54, 1.807) is 11.3 Å². The van der Waals surface area contributed by atoms with Gasteiger partial charge in [0.2, 0.25) is 5.91 Å². The molecule has 2 aliphatic rings. The molecular weight excluding hydrogens is 394 g/mol. The molecule has 2 fully saturated rings. The van der Waals surface area contributed by atoms with Crippen molar-refractivity contribution < 1.29 is 4.79 Å². The number of rotatable bonds is 5. The van der Waals surface area contributed by atoms with Crippen molar-refractivity contribution in [2.45, 2.75) is 26.2 Å². The van der Waals surface area contributed by atoms with Crippen molar-refractivity contribution in [1.29, 1.82) is 0 Å². The maximum Gasteiger partial charge on any atom is 0.241 e. The zero-order valence-electron chi connectivity index (χ0n) is 17.4. The summed E-state index contributed by atoms with van der Waals surface area (Å²) in [7, 11) is 0. The van der Waals surface area contributed by atoms with Crippen molar-refractivity contribution in [2.75, 3.05) is 49.1 Å². The first kappa shape index (κ1) is 19.5. The van der Waals surface area contributed by atoms with Crippen molar-refractivity contribution in [2.24, 2.45) is 0 Å². The lowest BCUT2D eigenvalue weighted by Gasteiger charge is -2.34. The third kappa shape index (κ3) is 3.79. The number of hydrogen-bond acceptors (Lipinski definition) is 6. The molecule has 0 radical (unpaired) electrons. The van der Waals surface area contributed by atoms with Crippen molar-refractivity contribution >= 4 is 39.0 Å². The fourth-order valence-electron chi connectivity index (χ4n) is 4.35. The Bertz CT molecular complexity index is 1040. The zero-order chi connectivity index (χ0) is 20.5. The van der Waals surface area contributed by atoms with E-state index < -0.39 is 0 Å². The van der Waals surface area contributed by atoms with E-state index in [1.165, 1.54) is 12.8 Å². The van der Waals surface area contributed by atoms with Gasteiger partial charge in [-0.25, -0.2) is 9.97 Å². The van der Waals surface area contributed by atoms with Gasteiger partial charge in [-0.15, -0.1) is 11.3 Å². The van der Waals surface area contributed by atoms with E-state index in [-0.39, 0.29) is 5.91 Å². The molecule has 156 valence electrons. The number of carbonyl (C=O) groups excluding carboxylic acids is 1. The Balaban J connectivity index is 1.36. The molecule has 0 bridgehead atoms. The van der Waals surface area contributed by atoms with Gasteiger partial charge < -0.3 is 9.80 Å². The molecule has 7 heteroatoms. The van der Waals surface area contributed by atoms with Gasteiger partial charge in [0.15, 0.2) is 0 Å². The van der Waals surface area contributed by atoms with E-state index >= 15 is 0 Å². The van der Waals surface area contributed by atoms with E-state index in [1.807, 2.05) is 23.2 Å². The fraction of sp³-hybridized carbons (Fsp3) is 0.435. The monoisotopic (exact) mass is 421 g/mol. The molecule has 2 aromatic heterocycles. The van der Waals surface area contributed by atoms with Gasteiger partial charge in [0.1, 0.15) is 10.8 Å². The summed E-state index contributed by atoms with van der Waals surface area (Å²) in [4.78, 5) is 28.6. The quantitative estimate of drug-likeness (QED) is 0.623. The normalized spacial score (nSPS) is 18.0. The molecule has 1 amide bonds. The summed E-state index contributed by atoms with van der Waals surface area (Å²) in [5, 5.41) is 0.974. The second-order valence-electron chi connectivity index (χ2n) is 8.09. The van der Waals surface area contributed by atoms with Crippen LogP contribution in [0, 0.1) is 0 Å². The van der Waals surface area contributed by atoms with E-state index in [2.05, 4.69) is 39.9 Å². The van der Waals surface area contributed by atoms with Gasteiger partial charge >= 0.3 is 0 Å². The Morgan fingerprint density at radius 3 is 2.67 bits per heavy atom. The molecule has 3 aromatic rings. The molecule has 1 aromatic carbocycles. The number of hydrogen-bond donors (Lipinski definition) is 0. The lowest BCUT2D eigenvalue weighted by Crippen LogP contribution is -2.50. The highest BCUT2D eigenvalue weighted by atomic mass is 32.1. The Morgan fingerprint density at radius 2 is 1.93 bits per heavy atom. The average Bonchev–Trinajstić information content (AvgIpc) is 3.44. The summed E-state index contributed by atoms with van der Waals surface area (Å²) in [5.74, 6) is 1.24. The molecule has 4 heterocycles. The number of nitrogens with zero attached hydrogens (tertiary/aromatic N) is 5. The minimum absolute atomic E-state index is 0.181. The van der Waals surface area contributed by atoms with Gasteiger partial charge in [0.05, 0.1) is 16.8 Å². The number of carbonyl (C=O) groups is 1. The van der Waals surface area contributed by atoms with Gasteiger partial charge in [-0.1, -0.05) is 6.92 Å². The molecule has 2 saturated heterocycles. The number of fused-ring (bicyclic) bond motifs is 1. The van der Waals surface area contributed by atoms with Crippen LogP contribution < -0.4 is 9.80 Å². The van der Waals surface area contributed by atoms with Gasteiger partial charge in [0.25, 0.3) is 0 Å². The molecule has 0 atom stereocenters. The summed E-state index contributed by atoms with van der Waals surface area (Å²) in [6.45, 7) is 7.53. The molecule has 0 saturated carbocycles. The second kappa shape index (κ2) is 8.32. The Kier molecular flexibility index (Phi) is 5.39. The molecule has 0 N–H and O–H groups in total. The van der Waals surface area contributed by atoms with Crippen LogP contribution in [-0.2, 0) is 4.79 Å². The second-order valence-corrected chi connectivity index (χ2v) is 9.12. The van der Waals surface area contributed by atoms with Crippen molar-refractivity contribution in [1.82, 2.24) is 14.9 Å². The van der Waals surface area contributed by atoms with Crippen molar-refractivity contribution in [3.05, 3.63) is 36.5 Å². The van der Waals surface area contributed by atoms with E-state index in [0.29, 0.717) is 6.54 Å². The van der Waals surface area contributed by atoms with Crippen LogP contribution in [0.2, 0.25) is 0 Å². The number of piperazine rings is 1. The first-order chi connectivity index (χ1) is 14.7. The molecule has 0 aliphatic carbocycles. The van der Waals surface area contributed by atoms with Gasteiger partial charge in [0, 0.05) is 43.6 Å². The third-order valence-electron chi connectivity index (χ3n) is 5.95. The van der Waals surface area contributed by atoms with Crippen LogP contribution in [0.4, 0.5) is 11.5 Å². The summed E-state index contributed by atoms with van der Waals surface area (Å²) in [6, 6.07) is 10.4. The van der Waals surface area contributed by atoms with Crippen LogP contribution in [0.25, 0.3) is 20.8 Å². The van der Waals surface area contributed by atoms with Gasteiger partial charge in [-0.2, -0.15) is 0 Å². The fourth-order valence-corrected chi connectivity index (χ4v) is 5.34. The largest absolute Gasteiger partial charge is 0.357 e. The SMILES string of the molecule is CCCN1CCN(c2ccc3nc(-c4ccc(N5CCCC5)nc4)sc3c2)C(=O)C1. The van der Waals surface area contributed by atoms with Crippen molar-refractivity contribution in [3.63, 3.8) is 0 Å². The number of thiazole rings is 1. The van der Waals surface area contributed by atoms with Crippen LogP contribution in [0.3, 0.4) is 0 Å². The van der Waals surface area contributed by atoms with Crippen LogP contribution in [0.15, 0.2) is 36.5 Å². The summed E-state index contributed by atoms with van der Waals surface area (Å²) < 4.78 is 1.11. The minimum atomic E-state index is 0.181. The molecular formula is C23H27N5OS. The summed E-state index contributed by atoms with van der Waals surface area (Å²) >= 11 is 1.66. The van der Waals surface area contributed by atoms with Crippen molar-refractivity contribution in [3.8, 4) is 10.6 Å². The van der Waals surface area contributed by atoms with E-state index in [9.17, 15) is 4.79 Å². The van der Waals surface area contributed by atoms with E-state index in [0.717, 1.165) is 71.4 Å². The average molecular weight is 422 g/mol. The molecule has 0 unspecified atom stereocenters. The Hall–Kier alpha value is -2.51. The van der Waals surface area contributed by atoms with Crippen LogP contribution in [0.1, 0.15) is 26.2 Å². The first-order valence-corrected chi connectivity index (χ1v) is 11.7. The van der Waals surface area contributed by atoms with Crippen LogP contribution in [-0.4, -0.2) is 60.0 Å². The van der Waals surface area contributed by atoms with E-state index in [4.69, 9.17) is 4.98 Å². The maximum atomic E-state index is 12.6.